The largest absolute Gasteiger partial charge is 0.493 e. The third-order valence-corrected chi connectivity index (χ3v) is 8.24. The molecule has 1 aromatic heterocycles. The highest BCUT2D eigenvalue weighted by Gasteiger charge is 2.34. The molecule has 0 amide bonds. The van der Waals surface area contributed by atoms with Crippen molar-refractivity contribution in [3.8, 4) is 22.9 Å². The zero-order chi connectivity index (χ0) is 23.1. The molecule has 1 aliphatic carbocycles. The molecule has 0 bridgehead atoms. The average molecular weight is 461 g/mol. The van der Waals surface area contributed by atoms with Gasteiger partial charge in [-0.15, -0.1) is 0 Å². The van der Waals surface area contributed by atoms with Gasteiger partial charge in [0.1, 0.15) is 5.82 Å². The van der Waals surface area contributed by atoms with E-state index in [2.05, 4.69) is 33.0 Å². The lowest BCUT2D eigenvalue weighted by atomic mass is 9.88. The molecule has 0 spiro atoms. The zero-order valence-electron chi connectivity index (χ0n) is 20.4. The van der Waals surface area contributed by atoms with Crippen LogP contribution in [0.5, 0.6) is 11.5 Å². The Hall–Kier alpha value is -2.57. The second kappa shape index (κ2) is 9.23. The van der Waals surface area contributed by atoms with Crippen LogP contribution in [0, 0.1) is 0 Å². The summed E-state index contributed by atoms with van der Waals surface area (Å²) in [4.78, 5) is 13.9. The van der Waals surface area contributed by atoms with E-state index >= 15 is 0 Å². The molecule has 2 aromatic carbocycles. The van der Waals surface area contributed by atoms with Crippen LogP contribution in [0.3, 0.4) is 0 Å². The van der Waals surface area contributed by atoms with Gasteiger partial charge in [-0.25, -0.2) is 4.98 Å². The summed E-state index contributed by atoms with van der Waals surface area (Å²) in [5.41, 5.74) is 4.56. The van der Waals surface area contributed by atoms with Gasteiger partial charge in [-0.05, 0) is 107 Å². The first kappa shape index (κ1) is 21.9. The molecule has 3 heterocycles. The first-order chi connectivity index (χ1) is 16.7. The number of piperidine rings is 2. The molecule has 3 aromatic rings. The van der Waals surface area contributed by atoms with Gasteiger partial charge in [0.2, 0.25) is 0 Å². The molecular formula is C28H36N4O2. The van der Waals surface area contributed by atoms with Gasteiger partial charge in [-0.2, -0.15) is 0 Å². The Morgan fingerprint density at radius 1 is 0.765 bits per heavy atom. The summed E-state index contributed by atoms with van der Waals surface area (Å²) in [6.07, 6.45) is 8.11. The van der Waals surface area contributed by atoms with Gasteiger partial charge in [0.05, 0.1) is 25.3 Å². The van der Waals surface area contributed by atoms with E-state index in [-0.39, 0.29) is 0 Å². The summed E-state index contributed by atoms with van der Waals surface area (Å²) in [5, 5.41) is 0. The standard InChI is InChI=1S/C28H36N4O2/c1-33-26-8-4-21(18-27(26)34-2)28-29-24-7-3-20(17-25(24)30-28)19-9-13-31(14-10-19)23-11-15-32(16-12-23)22-5-6-22/h3-4,7-8,17-19,22-23H,5-6,9-16H2,1-2H3,(H,29,30). The van der Waals surface area contributed by atoms with Gasteiger partial charge in [0, 0.05) is 17.6 Å². The van der Waals surface area contributed by atoms with E-state index in [9.17, 15) is 0 Å². The number of rotatable bonds is 6. The van der Waals surface area contributed by atoms with Crippen LogP contribution in [0.15, 0.2) is 36.4 Å². The highest BCUT2D eigenvalue weighted by Crippen LogP contribution is 2.35. The van der Waals surface area contributed by atoms with Crippen LogP contribution in [0.4, 0.5) is 0 Å². The van der Waals surface area contributed by atoms with E-state index in [0.29, 0.717) is 11.7 Å². The van der Waals surface area contributed by atoms with Crippen molar-refractivity contribution >= 4 is 11.0 Å². The van der Waals surface area contributed by atoms with Crippen LogP contribution < -0.4 is 9.47 Å². The molecule has 3 aliphatic rings. The number of ether oxygens (including phenoxy) is 2. The van der Waals surface area contributed by atoms with Crippen molar-refractivity contribution in [1.82, 2.24) is 19.8 Å². The van der Waals surface area contributed by atoms with Gasteiger partial charge in [-0.1, -0.05) is 6.07 Å². The Morgan fingerprint density at radius 2 is 1.44 bits per heavy atom. The van der Waals surface area contributed by atoms with Crippen molar-refractivity contribution in [3.05, 3.63) is 42.0 Å². The second-order valence-corrected chi connectivity index (χ2v) is 10.2. The average Bonchev–Trinajstić information content (AvgIpc) is 3.66. The van der Waals surface area contributed by atoms with Crippen molar-refractivity contribution < 1.29 is 9.47 Å². The molecule has 2 saturated heterocycles. The van der Waals surface area contributed by atoms with E-state index in [1.807, 2.05) is 18.2 Å². The predicted octanol–water partition coefficient (Wildman–Crippen LogP) is 5.05. The normalized spacial score (nSPS) is 21.2. The summed E-state index contributed by atoms with van der Waals surface area (Å²) >= 11 is 0. The maximum Gasteiger partial charge on any atom is 0.161 e. The third kappa shape index (κ3) is 4.29. The zero-order valence-corrected chi connectivity index (χ0v) is 20.4. The second-order valence-electron chi connectivity index (χ2n) is 10.2. The lowest BCUT2D eigenvalue weighted by molar-refractivity contribution is 0.0844. The van der Waals surface area contributed by atoms with Crippen molar-refractivity contribution in [1.29, 1.82) is 0 Å². The lowest BCUT2D eigenvalue weighted by Gasteiger charge is -2.42. The van der Waals surface area contributed by atoms with Crippen molar-refractivity contribution in [2.45, 2.75) is 56.5 Å². The predicted molar refractivity (Wildman–Crippen MR) is 136 cm³/mol. The molecule has 0 radical (unpaired) electrons. The fraction of sp³-hybridized carbons (Fsp3) is 0.536. The van der Waals surface area contributed by atoms with Crippen molar-refractivity contribution in [3.63, 3.8) is 0 Å². The maximum absolute atomic E-state index is 5.47. The molecule has 0 atom stereocenters. The quantitative estimate of drug-likeness (QED) is 0.558. The molecule has 34 heavy (non-hydrogen) atoms. The Morgan fingerprint density at radius 3 is 2.12 bits per heavy atom. The van der Waals surface area contributed by atoms with Crippen molar-refractivity contribution in [2.75, 3.05) is 40.4 Å². The van der Waals surface area contributed by atoms with E-state index in [1.54, 1.807) is 14.2 Å². The minimum absolute atomic E-state index is 0.639. The lowest BCUT2D eigenvalue weighted by Crippen LogP contribution is -2.47. The molecule has 1 N–H and O–H groups in total. The molecule has 2 aliphatic heterocycles. The SMILES string of the molecule is COc1ccc(-c2nc3ccc(C4CCN(C5CCN(C6CC6)CC5)CC4)cc3[nH]2)cc1OC. The topological polar surface area (TPSA) is 53.6 Å². The number of likely N-dealkylation sites (tertiary alicyclic amines) is 2. The molecule has 6 rings (SSSR count). The summed E-state index contributed by atoms with van der Waals surface area (Å²) in [6.45, 7) is 5.09. The number of nitrogens with one attached hydrogen (secondary N) is 1. The Bertz CT molecular complexity index is 1140. The van der Waals surface area contributed by atoms with Gasteiger partial charge in [0.25, 0.3) is 0 Å². The molecule has 0 unspecified atom stereocenters. The number of nitrogens with zero attached hydrogens (tertiary/aromatic N) is 3. The van der Waals surface area contributed by atoms with Gasteiger partial charge in [0.15, 0.2) is 11.5 Å². The summed E-state index contributed by atoms with van der Waals surface area (Å²) in [5.74, 6) is 2.94. The number of methoxy groups -OCH3 is 2. The van der Waals surface area contributed by atoms with Crippen LogP contribution in [0.1, 0.15) is 50.0 Å². The van der Waals surface area contributed by atoms with Crippen LogP contribution in [0.2, 0.25) is 0 Å². The molecule has 3 fully saturated rings. The van der Waals surface area contributed by atoms with E-state index < -0.39 is 0 Å². The Kier molecular flexibility index (Phi) is 5.95. The highest BCUT2D eigenvalue weighted by molar-refractivity contribution is 5.80. The molecule has 6 nitrogen and oxygen atoms in total. The summed E-state index contributed by atoms with van der Waals surface area (Å²) in [6, 6.07) is 14.4. The number of aromatic nitrogens is 2. The monoisotopic (exact) mass is 460 g/mol. The van der Waals surface area contributed by atoms with E-state index in [1.165, 1.54) is 70.3 Å². The number of fused-ring (bicyclic) bond motifs is 1. The highest BCUT2D eigenvalue weighted by atomic mass is 16.5. The van der Waals surface area contributed by atoms with Gasteiger partial charge in [-0.3, -0.25) is 0 Å². The first-order valence-corrected chi connectivity index (χ1v) is 12.9. The van der Waals surface area contributed by atoms with Gasteiger partial charge >= 0.3 is 0 Å². The smallest absolute Gasteiger partial charge is 0.161 e. The Labute approximate surface area is 202 Å². The van der Waals surface area contributed by atoms with Crippen LogP contribution >= 0.6 is 0 Å². The Balaban J connectivity index is 1.12. The number of aromatic amines is 1. The summed E-state index contributed by atoms with van der Waals surface area (Å²) in [7, 11) is 3.32. The molecule has 180 valence electrons. The maximum atomic E-state index is 5.47. The molecule has 1 saturated carbocycles. The third-order valence-electron chi connectivity index (χ3n) is 8.24. The van der Waals surface area contributed by atoms with E-state index in [4.69, 9.17) is 14.5 Å². The first-order valence-electron chi connectivity index (χ1n) is 12.9. The van der Waals surface area contributed by atoms with Crippen LogP contribution in [0.25, 0.3) is 22.4 Å². The fourth-order valence-corrected chi connectivity index (χ4v) is 6.06. The van der Waals surface area contributed by atoms with Crippen molar-refractivity contribution in [2.24, 2.45) is 0 Å². The van der Waals surface area contributed by atoms with Gasteiger partial charge < -0.3 is 24.3 Å². The number of hydrogen-bond donors (Lipinski definition) is 1. The summed E-state index contributed by atoms with van der Waals surface area (Å²) < 4.78 is 10.8. The van der Waals surface area contributed by atoms with Crippen LogP contribution in [-0.2, 0) is 0 Å². The number of benzene rings is 2. The number of hydrogen-bond acceptors (Lipinski definition) is 5. The number of H-pyrrole nitrogens is 1. The molecule has 6 heteroatoms. The minimum atomic E-state index is 0.639. The minimum Gasteiger partial charge on any atom is -0.493 e. The number of imidazole rings is 1. The fourth-order valence-electron chi connectivity index (χ4n) is 6.06. The van der Waals surface area contributed by atoms with E-state index in [0.717, 1.165) is 40.3 Å². The molecular weight excluding hydrogens is 424 g/mol. The van der Waals surface area contributed by atoms with Crippen LogP contribution in [-0.4, -0.2) is 72.3 Å².